The number of methoxy groups -OCH3 is 1. The van der Waals surface area contributed by atoms with Crippen LogP contribution >= 0.6 is 0 Å². The fourth-order valence-corrected chi connectivity index (χ4v) is 1.63. The Labute approximate surface area is 112 Å². The molecule has 5 nitrogen and oxygen atoms in total. The molecule has 0 aliphatic carbocycles. The number of rotatable bonds is 5. The average Bonchev–Trinajstić information content (AvgIpc) is 2.45. The van der Waals surface area contributed by atoms with Crippen LogP contribution in [0.15, 0.2) is 36.7 Å². The van der Waals surface area contributed by atoms with Gasteiger partial charge in [0.15, 0.2) is 17.3 Å². The molecular formula is C14H17N3O2. The maximum absolute atomic E-state index is 5.84. The Bertz CT molecular complexity index is 529. The molecule has 2 aromatic rings. The first-order valence-corrected chi connectivity index (χ1v) is 6.03. The first-order chi connectivity index (χ1) is 9.20. The van der Waals surface area contributed by atoms with E-state index >= 15 is 0 Å². The molecule has 5 heteroatoms. The van der Waals surface area contributed by atoms with Crippen molar-refractivity contribution in [2.75, 3.05) is 7.11 Å². The van der Waals surface area contributed by atoms with Gasteiger partial charge in [0.1, 0.15) is 6.61 Å². The largest absolute Gasteiger partial charge is 0.493 e. The maximum atomic E-state index is 5.84. The van der Waals surface area contributed by atoms with E-state index in [9.17, 15) is 0 Å². The molecule has 0 saturated heterocycles. The first-order valence-electron chi connectivity index (χ1n) is 6.03. The fraction of sp³-hybridized carbons (Fsp3) is 0.286. The van der Waals surface area contributed by atoms with Gasteiger partial charge in [-0.3, -0.25) is 0 Å². The van der Waals surface area contributed by atoms with Crippen LogP contribution in [0, 0.1) is 0 Å². The summed E-state index contributed by atoms with van der Waals surface area (Å²) >= 11 is 0. The van der Waals surface area contributed by atoms with Crippen LogP contribution in [0.25, 0.3) is 0 Å². The van der Waals surface area contributed by atoms with E-state index in [1.807, 2.05) is 25.1 Å². The van der Waals surface area contributed by atoms with Crippen molar-refractivity contribution in [3.63, 3.8) is 0 Å². The summed E-state index contributed by atoms with van der Waals surface area (Å²) in [5.74, 6) is 1.94. The Hall–Kier alpha value is -2.14. The van der Waals surface area contributed by atoms with E-state index in [2.05, 4.69) is 9.97 Å². The smallest absolute Gasteiger partial charge is 0.166 e. The van der Waals surface area contributed by atoms with Gasteiger partial charge in [-0.15, -0.1) is 0 Å². The molecule has 100 valence electrons. The van der Waals surface area contributed by atoms with Crippen LogP contribution in [0.3, 0.4) is 0 Å². The van der Waals surface area contributed by atoms with Gasteiger partial charge >= 0.3 is 0 Å². The van der Waals surface area contributed by atoms with Crippen LogP contribution in [-0.2, 0) is 6.61 Å². The SMILES string of the molecule is COc1cc(C(C)N)ccc1OCc1ncccn1. The minimum absolute atomic E-state index is 0.0413. The lowest BCUT2D eigenvalue weighted by atomic mass is 10.1. The molecule has 0 bridgehead atoms. The van der Waals surface area contributed by atoms with E-state index in [0.717, 1.165) is 5.56 Å². The van der Waals surface area contributed by atoms with Gasteiger partial charge in [-0.25, -0.2) is 9.97 Å². The van der Waals surface area contributed by atoms with Gasteiger partial charge in [0, 0.05) is 18.4 Å². The Kier molecular flexibility index (Phi) is 4.30. The van der Waals surface area contributed by atoms with Crippen molar-refractivity contribution in [3.8, 4) is 11.5 Å². The van der Waals surface area contributed by atoms with E-state index in [1.54, 1.807) is 25.6 Å². The lowest BCUT2D eigenvalue weighted by Crippen LogP contribution is -2.06. The Balaban J connectivity index is 2.12. The standard InChI is InChI=1S/C14H17N3O2/c1-10(15)11-4-5-12(13(8-11)18-2)19-9-14-16-6-3-7-17-14/h3-8,10H,9,15H2,1-2H3. The Morgan fingerprint density at radius 1 is 1.21 bits per heavy atom. The number of aromatic nitrogens is 2. The summed E-state index contributed by atoms with van der Waals surface area (Å²) in [6.07, 6.45) is 3.37. The summed E-state index contributed by atoms with van der Waals surface area (Å²) in [7, 11) is 1.60. The number of benzene rings is 1. The molecule has 1 atom stereocenters. The van der Waals surface area contributed by atoms with Crippen molar-refractivity contribution >= 4 is 0 Å². The third-order valence-corrected chi connectivity index (χ3v) is 2.69. The first kappa shape index (κ1) is 13.3. The van der Waals surface area contributed by atoms with Crippen molar-refractivity contribution in [3.05, 3.63) is 48.0 Å². The molecular weight excluding hydrogens is 242 g/mol. The summed E-state index contributed by atoms with van der Waals surface area (Å²) in [4.78, 5) is 8.20. The summed E-state index contributed by atoms with van der Waals surface area (Å²) < 4.78 is 11.0. The van der Waals surface area contributed by atoms with E-state index in [4.69, 9.17) is 15.2 Å². The number of ether oxygens (including phenoxy) is 2. The maximum Gasteiger partial charge on any atom is 0.166 e. The topological polar surface area (TPSA) is 70.3 Å². The lowest BCUT2D eigenvalue weighted by Gasteiger charge is -2.13. The number of hydrogen-bond donors (Lipinski definition) is 1. The molecule has 0 aliphatic heterocycles. The van der Waals surface area contributed by atoms with Crippen LogP contribution in [0.1, 0.15) is 24.4 Å². The molecule has 2 rings (SSSR count). The zero-order chi connectivity index (χ0) is 13.7. The zero-order valence-corrected chi connectivity index (χ0v) is 11.0. The van der Waals surface area contributed by atoms with Crippen LogP contribution in [-0.4, -0.2) is 17.1 Å². The Morgan fingerprint density at radius 3 is 2.58 bits per heavy atom. The van der Waals surface area contributed by atoms with Crippen molar-refractivity contribution in [1.82, 2.24) is 9.97 Å². The lowest BCUT2D eigenvalue weighted by molar-refractivity contribution is 0.276. The third-order valence-electron chi connectivity index (χ3n) is 2.69. The highest BCUT2D eigenvalue weighted by Crippen LogP contribution is 2.30. The zero-order valence-electron chi connectivity index (χ0n) is 11.0. The molecule has 1 unspecified atom stereocenters. The molecule has 2 N–H and O–H groups in total. The van der Waals surface area contributed by atoms with Crippen LogP contribution in [0.4, 0.5) is 0 Å². The van der Waals surface area contributed by atoms with Gasteiger partial charge in [-0.1, -0.05) is 6.07 Å². The highest BCUT2D eigenvalue weighted by molar-refractivity contribution is 5.43. The van der Waals surface area contributed by atoms with E-state index in [0.29, 0.717) is 23.9 Å². The highest BCUT2D eigenvalue weighted by Gasteiger charge is 2.08. The van der Waals surface area contributed by atoms with Crippen molar-refractivity contribution < 1.29 is 9.47 Å². The average molecular weight is 259 g/mol. The van der Waals surface area contributed by atoms with Gasteiger partial charge in [-0.05, 0) is 30.7 Å². The minimum Gasteiger partial charge on any atom is -0.493 e. The molecule has 0 spiro atoms. The van der Waals surface area contributed by atoms with Gasteiger partial charge in [-0.2, -0.15) is 0 Å². The second-order valence-electron chi connectivity index (χ2n) is 4.15. The normalized spacial score (nSPS) is 11.9. The summed E-state index contributed by atoms with van der Waals surface area (Å²) in [5.41, 5.74) is 6.84. The summed E-state index contributed by atoms with van der Waals surface area (Å²) in [6, 6.07) is 7.38. The fourth-order valence-electron chi connectivity index (χ4n) is 1.63. The molecule has 0 saturated carbocycles. The molecule has 1 heterocycles. The highest BCUT2D eigenvalue weighted by atomic mass is 16.5. The second kappa shape index (κ2) is 6.15. The summed E-state index contributed by atoms with van der Waals surface area (Å²) in [5, 5.41) is 0. The third kappa shape index (κ3) is 3.42. The number of nitrogens with two attached hydrogens (primary N) is 1. The number of nitrogens with zero attached hydrogens (tertiary/aromatic N) is 2. The van der Waals surface area contributed by atoms with Gasteiger partial charge in [0.25, 0.3) is 0 Å². The van der Waals surface area contributed by atoms with E-state index in [-0.39, 0.29) is 6.04 Å². The predicted octanol–water partition coefficient (Wildman–Crippen LogP) is 2.08. The van der Waals surface area contributed by atoms with Crippen molar-refractivity contribution in [2.24, 2.45) is 5.73 Å². The van der Waals surface area contributed by atoms with Crippen LogP contribution < -0.4 is 15.2 Å². The quantitative estimate of drug-likeness (QED) is 0.890. The molecule has 0 amide bonds. The molecule has 1 aromatic heterocycles. The van der Waals surface area contributed by atoms with Gasteiger partial charge in [0.05, 0.1) is 7.11 Å². The van der Waals surface area contributed by atoms with Gasteiger partial charge < -0.3 is 15.2 Å². The monoisotopic (exact) mass is 259 g/mol. The second-order valence-corrected chi connectivity index (χ2v) is 4.15. The van der Waals surface area contributed by atoms with E-state index in [1.165, 1.54) is 0 Å². The molecule has 0 fully saturated rings. The van der Waals surface area contributed by atoms with Gasteiger partial charge in [0.2, 0.25) is 0 Å². The van der Waals surface area contributed by atoms with Crippen molar-refractivity contribution in [1.29, 1.82) is 0 Å². The number of hydrogen-bond acceptors (Lipinski definition) is 5. The van der Waals surface area contributed by atoms with Crippen molar-refractivity contribution in [2.45, 2.75) is 19.6 Å². The van der Waals surface area contributed by atoms with Crippen LogP contribution in [0.2, 0.25) is 0 Å². The predicted molar refractivity (Wildman–Crippen MR) is 72.0 cm³/mol. The molecule has 1 aromatic carbocycles. The Morgan fingerprint density at radius 2 is 1.95 bits per heavy atom. The summed E-state index contributed by atoms with van der Waals surface area (Å²) in [6.45, 7) is 2.22. The molecule has 0 aliphatic rings. The molecule has 19 heavy (non-hydrogen) atoms. The van der Waals surface area contributed by atoms with Crippen LogP contribution in [0.5, 0.6) is 11.5 Å². The minimum atomic E-state index is -0.0413. The molecule has 0 radical (unpaired) electrons. The van der Waals surface area contributed by atoms with E-state index < -0.39 is 0 Å².